The average molecular weight is 336 g/mol. The lowest BCUT2D eigenvalue weighted by Gasteiger charge is -2.23. The smallest absolute Gasteiger partial charge is 0.126 e. The first-order valence-electron chi connectivity index (χ1n) is 7.99. The standard InChI is InChI=1S/C21H20O4/c1-12-17(22)10-8-15(20(12)24)19(14-6-4-3-5-7-14)16-9-11-18(23)13(2)21(16)25/h3-11,19,22-25H,1-2H3. The number of hydrogen-bond donors (Lipinski definition) is 4. The first-order valence-corrected chi connectivity index (χ1v) is 7.99. The van der Waals surface area contributed by atoms with Gasteiger partial charge in [-0.3, -0.25) is 0 Å². The Morgan fingerprint density at radius 3 is 1.48 bits per heavy atom. The summed E-state index contributed by atoms with van der Waals surface area (Å²) in [6.45, 7) is 3.27. The van der Waals surface area contributed by atoms with Gasteiger partial charge in [0.25, 0.3) is 0 Å². The monoisotopic (exact) mass is 336 g/mol. The van der Waals surface area contributed by atoms with Crippen LogP contribution in [0.2, 0.25) is 0 Å². The van der Waals surface area contributed by atoms with Crippen LogP contribution in [0.1, 0.15) is 33.7 Å². The molecule has 0 aromatic heterocycles. The minimum Gasteiger partial charge on any atom is -0.508 e. The van der Waals surface area contributed by atoms with Crippen LogP contribution in [0.25, 0.3) is 0 Å². The van der Waals surface area contributed by atoms with Gasteiger partial charge >= 0.3 is 0 Å². The molecule has 4 heteroatoms. The second-order valence-corrected chi connectivity index (χ2v) is 6.14. The van der Waals surface area contributed by atoms with Gasteiger partial charge in [0.05, 0.1) is 0 Å². The molecule has 128 valence electrons. The maximum Gasteiger partial charge on any atom is 0.126 e. The quantitative estimate of drug-likeness (QED) is 0.537. The fourth-order valence-electron chi connectivity index (χ4n) is 3.06. The van der Waals surface area contributed by atoms with E-state index in [0.717, 1.165) is 5.56 Å². The predicted molar refractivity (Wildman–Crippen MR) is 96.4 cm³/mol. The zero-order valence-electron chi connectivity index (χ0n) is 14.1. The molecule has 0 bridgehead atoms. The van der Waals surface area contributed by atoms with E-state index in [1.165, 1.54) is 12.1 Å². The largest absolute Gasteiger partial charge is 0.508 e. The van der Waals surface area contributed by atoms with E-state index in [0.29, 0.717) is 22.3 Å². The van der Waals surface area contributed by atoms with Crippen molar-refractivity contribution in [3.63, 3.8) is 0 Å². The van der Waals surface area contributed by atoms with Crippen molar-refractivity contribution in [3.05, 3.63) is 82.4 Å². The van der Waals surface area contributed by atoms with Crippen LogP contribution in [-0.4, -0.2) is 20.4 Å². The highest BCUT2D eigenvalue weighted by Gasteiger charge is 2.25. The van der Waals surface area contributed by atoms with Gasteiger partial charge in [0.15, 0.2) is 0 Å². The molecule has 0 unspecified atom stereocenters. The number of hydrogen-bond acceptors (Lipinski definition) is 4. The molecule has 25 heavy (non-hydrogen) atoms. The average Bonchev–Trinajstić information content (AvgIpc) is 2.62. The summed E-state index contributed by atoms with van der Waals surface area (Å²) in [5.74, 6) is -0.448. The molecule has 0 radical (unpaired) electrons. The van der Waals surface area contributed by atoms with Gasteiger partial charge < -0.3 is 20.4 Å². The Balaban J connectivity index is 2.30. The lowest BCUT2D eigenvalue weighted by molar-refractivity contribution is 0.432. The molecule has 0 aliphatic carbocycles. The summed E-state index contributed by atoms with van der Waals surface area (Å²) >= 11 is 0. The van der Waals surface area contributed by atoms with E-state index >= 15 is 0 Å². The molecule has 0 saturated carbocycles. The molecule has 0 saturated heterocycles. The highest BCUT2D eigenvalue weighted by atomic mass is 16.3. The summed E-state index contributed by atoms with van der Waals surface area (Å²) in [7, 11) is 0. The summed E-state index contributed by atoms with van der Waals surface area (Å²) in [5.41, 5.74) is 2.79. The molecule has 0 aliphatic heterocycles. The second kappa shape index (κ2) is 6.40. The minimum absolute atomic E-state index is 0.0131. The summed E-state index contributed by atoms with van der Waals surface area (Å²) in [6, 6.07) is 15.9. The fourth-order valence-corrected chi connectivity index (χ4v) is 3.06. The van der Waals surface area contributed by atoms with Crippen LogP contribution < -0.4 is 0 Å². The fraction of sp³-hybridized carbons (Fsp3) is 0.143. The van der Waals surface area contributed by atoms with E-state index in [-0.39, 0.29) is 23.0 Å². The molecule has 3 aromatic rings. The van der Waals surface area contributed by atoms with Crippen molar-refractivity contribution in [2.75, 3.05) is 0 Å². The summed E-state index contributed by atoms with van der Waals surface area (Å²) in [4.78, 5) is 0. The Hall–Kier alpha value is -3.14. The molecule has 3 rings (SSSR count). The molecule has 0 heterocycles. The van der Waals surface area contributed by atoms with E-state index in [2.05, 4.69) is 0 Å². The molecule has 4 N–H and O–H groups in total. The molecule has 3 aromatic carbocycles. The molecular weight excluding hydrogens is 316 g/mol. The van der Waals surface area contributed by atoms with Gasteiger partial charge in [-0.2, -0.15) is 0 Å². The van der Waals surface area contributed by atoms with Crippen molar-refractivity contribution < 1.29 is 20.4 Å². The van der Waals surface area contributed by atoms with E-state index in [1.54, 1.807) is 26.0 Å². The van der Waals surface area contributed by atoms with Gasteiger partial charge in [0.1, 0.15) is 23.0 Å². The van der Waals surface area contributed by atoms with Crippen LogP contribution in [-0.2, 0) is 0 Å². The summed E-state index contributed by atoms with van der Waals surface area (Å²) in [6.07, 6.45) is 0. The highest BCUT2D eigenvalue weighted by molar-refractivity contribution is 5.59. The van der Waals surface area contributed by atoms with Crippen LogP contribution in [0.15, 0.2) is 54.6 Å². The lowest BCUT2D eigenvalue weighted by Crippen LogP contribution is -2.05. The first kappa shape index (κ1) is 16.7. The SMILES string of the molecule is Cc1c(O)ccc(C(c2ccccc2)c2ccc(O)c(C)c2O)c1O. The van der Waals surface area contributed by atoms with Gasteiger partial charge in [0.2, 0.25) is 0 Å². The topological polar surface area (TPSA) is 80.9 Å². The van der Waals surface area contributed by atoms with Crippen LogP contribution >= 0.6 is 0 Å². The first-order chi connectivity index (χ1) is 11.9. The zero-order valence-corrected chi connectivity index (χ0v) is 14.1. The Kier molecular flexibility index (Phi) is 4.28. The third-order valence-electron chi connectivity index (χ3n) is 4.62. The van der Waals surface area contributed by atoms with Crippen LogP contribution in [0.4, 0.5) is 0 Å². The Labute approximate surface area is 146 Å². The second-order valence-electron chi connectivity index (χ2n) is 6.14. The van der Waals surface area contributed by atoms with E-state index < -0.39 is 5.92 Å². The van der Waals surface area contributed by atoms with E-state index in [9.17, 15) is 20.4 Å². The van der Waals surface area contributed by atoms with E-state index in [4.69, 9.17) is 0 Å². The van der Waals surface area contributed by atoms with Gasteiger partial charge in [-0.25, -0.2) is 0 Å². The molecule has 0 aliphatic rings. The Bertz CT molecular complexity index is 859. The number of phenolic OH excluding ortho intramolecular Hbond substituents is 4. The number of aromatic hydroxyl groups is 4. The van der Waals surface area contributed by atoms with Crippen LogP contribution in [0.3, 0.4) is 0 Å². The van der Waals surface area contributed by atoms with Crippen molar-refractivity contribution in [2.45, 2.75) is 19.8 Å². The summed E-state index contributed by atoms with van der Waals surface area (Å²) < 4.78 is 0. The van der Waals surface area contributed by atoms with Gasteiger partial charge in [-0.1, -0.05) is 42.5 Å². The minimum atomic E-state index is -0.445. The number of rotatable bonds is 3. The third-order valence-corrected chi connectivity index (χ3v) is 4.62. The van der Waals surface area contributed by atoms with Crippen molar-refractivity contribution in [3.8, 4) is 23.0 Å². The van der Waals surface area contributed by atoms with Crippen LogP contribution in [0.5, 0.6) is 23.0 Å². The molecule has 0 spiro atoms. The van der Waals surface area contributed by atoms with Crippen molar-refractivity contribution in [1.82, 2.24) is 0 Å². The normalized spacial score (nSPS) is 11.0. The molecule has 0 atom stereocenters. The number of phenols is 4. The predicted octanol–water partition coefficient (Wildman–Crippen LogP) is 4.31. The number of benzene rings is 3. The maximum absolute atomic E-state index is 10.6. The third kappa shape index (κ3) is 2.87. The van der Waals surface area contributed by atoms with E-state index in [1.807, 2.05) is 30.3 Å². The maximum atomic E-state index is 10.6. The molecule has 4 nitrogen and oxygen atoms in total. The molecule has 0 fully saturated rings. The Morgan fingerprint density at radius 1 is 0.600 bits per heavy atom. The van der Waals surface area contributed by atoms with Crippen molar-refractivity contribution in [1.29, 1.82) is 0 Å². The van der Waals surface area contributed by atoms with Crippen molar-refractivity contribution in [2.24, 2.45) is 0 Å². The van der Waals surface area contributed by atoms with Gasteiger partial charge in [-0.05, 0) is 31.5 Å². The van der Waals surface area contributed by atoms with Crippen molar-refractivity contribution >= 4 is 0 Å². The van der Waals surface area contributed by atoms with Crippen LogP contribution in [0, 0.1) is 13.8 Å². The zero-order chi connectivity index (χ0) is 18.1. The van der Waals surface area contributed by atoms with Gasteiger partial charge in [0, 0.05) is 28.2 Å². The van der Waals surface area contributed by atoms with Gasteiger partial charge in [-0.15, -0.1) is 0 Å². The Morgan fingerprint density at radius 2 is 1.04 bits per heavy atom. The highest BCUT2D eigenvalue weighted by Crippen LogP contribution is 2.45. The molecule has 0 amide bonds. The molecular formula is C21H20O4. The summed E-state index contributed by atoms with van der Waals surface area (Å²) in [5, 5.41) is 40.9. The lowest BCUT2D eigenvalue weighted by atomic mass is 9.82.